The smallest absolute Gasteiger partial charge is 0.240 e. The van der Waals surface area contributed by atoms with Gasteiger partial charge in [-0.25, -0.2) is 4.90 Å². The molecule has 5 nitrogen and oxygen atoms in total. The third-order valence-electron chi connectivity index (χ3n) is 3.27. The molecule has 2 aliphatic heterocycles. The summed E-state index contributed by atoms with van der Waals surface area (Å²) in [4.78, 5) is 30.6. The maximum Gasteiger partial charge on any atom is 0.240 e. The van der Waals surface area contributed by atoms with Crippen LogP contribution in [0.4, 0.5) is 0 Å². The van der Waals surface area contributed by atoms with Gasteiger partial charge >= 0.3 is 0 Å². The summed E-state index contributed by atoms with van der Waals surface area (Å²) in [5, 5.41) is 3.78. The molecular formula is C12H12N2O3. The van der Waals surface area contributed by atoms with Crippen molar-refractivity contribution in [1.29, 1.82) is 0 Å². The molecule has 0 spiro atoms. The Morgan fingerprint density at radius 3 is 2.29 bits per heavy atom. The molecule has 0 bridgehead atoms. The lowest BCUT2D eigenvalue weighted by Crippen LogP contribution is -2.40. The summed E-state index contributed by atoms with van der Waals surface area (Å²) in [6, 6.07) is 0. The van der Waals surface area contributed by atoms with Crippen LogP contribution in [0.15, 0.2) is 29.5 Å². The number of hydrogen-bond donors (Lipinski definition) is 0. The van der Waals surface area contributed by atoms with Crippen molar-refractivity contribution in [3.8, 4) is 0 Å². The number of hydrogen-bond acceptors (Lipinski definition) is 4. The van der Waals surface area contributed by atoms with E-state index in [1.165, 1.54) is 4.90 Å². The molecule has 3 atom stereocenters. The van der Waals surface area contributed by atoms with E-state index < -0.39 is 6.23 Å². The van der Waals surface area contributed by atoms with E-state index in [0.29, 0.717) is 6.42 Å². The van der Waals surface area contributed by atoms with Crippen LogP contribution in [0.2, 0.25) is 0 Å². The minimum absolute atomic E-state index is 0.185. The van der Waals surface area contributed by atoms with Crippen molar-refractivity contribution in [2.45, 2.75) is 19.6 Å². The first-order valence-electron chi connectivity index (χ1n) is 5.59. The topological polar surface area (TPSA) is 59.0 Å². The number of allylic oxidation sites excluding steroid dienone is 2. The molecule has 17 heavy (non-hydrogen) atoms. The first kappa shape index (κ1) is 10.3. The fourth-order valence-electron chi connectivity index (χ4n) is 2.41. The Balaban J connectivity index is 1.87. The van der Waals surface area contributed by atoms with Crippen LogP contribution in [-0.4, -0.2) is 28.7 Å². The molecule has 1 fully saturated rings. The Kier molecular flexibility index (Phi) is 2.14. The Morgan fingerprint density at radius 1 is 1.24 bits per heavy atom. The summed E-state index contributed by atoms with van der Waals surface area (Å²) < 4.78 is 0. The lowest BCUT2D eigenvalue weighted by molar-refractivity contribution is -0.152. The van der Waals surface area contributed by atoms with Gasteiger partial charge < -0.3 is 4.84 Å². The van der Waals surface area contributed by atoms with Crippen molar-refractivity contribution < 1.29 is 14.4 Å². The Bertz CT molecular complexity index is 448. The number of imide groups is 1. The van der Waals surface area contributed by atoms with Gasteiger partial charge in [0.2, 0.25) is 18.0 Å². The standard InChI is InChI=1S/C12H12N2O3/c1-7-6-10(17-13-7)14-11(15)8-4-2-3-5-9(8)12(14)16/h2-5,8-10H,6H2,1H3. The highest BCUT2D eigenvalue weighted by molar-refractivity contribution is 6.07. The second-order valence-electron chi connectivity index (χ2n) is 4.46. The first-order valence-corrected chi connectivity index (χ1v) is 5.59. The van der Waals surface area contributed by atoms with Crippen molar-refractivity contribution in [2.24, 2.45) is 17.0 Å². The van der Waals surface area contributed by atoms with Gasteiger partial charge in [0.1, 0.15) is 0 Å². The quantitative estimate of drug-likeness (QED) is 0.629. The van der Waals surface area contributed by atoms with Crippen LogP contribution in [0.3, 0.4) is 0 Å². The zero-order chi connectivity index (χ0) is 12.0. The van der Waals surface area contributed by atoms with Crippen LogP contribution in [-0.2, 0) is 14.4 Å². The number of fused-ring (bicyclic) bond motifs is 1. The molecule has 1 saturated heterocycles. The number of amides is 2. The molecule has 0 radical (unpaired) electrons. The Hall–Kier alpha value is -1.91. The van der Waals surface area contributed by atoms with Crippen molar-refractivity contribution in [1.82, 2.24) is 4.90 Å². The molecule has 3 unspecified atom stereocenters. The zero-order valence-corrected chi connectivity index (χ0v) is 9.37. The summed E-state index contributed by atoms with van der Waals surface area (Å²) in [6.45, 7) is 1.82. The molecule has 0 aromatic rings. The van der Waals surface area contributed by atoms with Gasteiger partial charge in [-0.15, -0.1) is 0 Å². The van der Waals surface area contributed by atoms with E-state index in [1.807, 2.05) is 6.92 Å². The van der Waals surface area contributed by atoms with E-state index in [9.17, 15) is 9.59 Å². The highest BCUT2D eigenvalue weighted by atomic mass is 16.7. The summed E-state index contributed by atoms with van der Waals surface area (Å²) >= 11 is 0. The van der Waals surface area contributed by atoms with Gasteiger partial charge in [0.25, 0.3) is 0 Å². The molecule has 0 aromatic carbocycles. The number of likely N-dealkylation sites (tertiary alicyclic amines) is 1. The second-order valence-corrected chi connectivity index (χ2v) is 4.46. The van der Waals surface area contributed by atoms with Crippen LogP contribution in [0.25, 0.3) is 0 Å². The second kappa shape index (κ2) is 3.55. The van der Waals surface area contributed by atoms with Crippen molar-refractivity contribution in [3.63, 3.8) is 0 Å². The lowest BCUT2D eigenvalue weighted by Gasteiger charge is -2.19. The molecule has 3 aliphatic rings. The largest absolute Gasteiger partial charge is 0.370 e. The van der Waals surface area contributed by atoms with E-state index in [-0.39, 0.29) is 23.7 Å². The molecule has 88 valence electrons. The normalized spacial score (nSPS) is 35.0. The van der Waals surface area contributed by atoms with Gasteiger partial charge in [-0.1, -0.05) is 29.5 Å². The predicted octanol–water partition coefficient (Wildman–Crippen LogP) is 0.836. The van der Waals surface area contributed by atoms with Crippen LogP contribution < -0.4 is 0 Å². The van der Waals surface area contributed by atoms with E-state index in [1.54, 1.807) is 24.3 Å². The van der Waals surface area contributed by atoms with Gasteiger partial charge in [-0.3, -0.25) is 9.59 Å². The molecule has 2 heterocycles. The summed E-state index contributed by atoms with van der Waals surface area (Å²) in [7, 11) is 0. The summed E-state index contributed by atoms with van der Waals surface area (Å²) in [5.41, 5.74) is 0.802. The first-order chi connectivity index (χ1) is 8.18. The van der Waals surface area contributed by atoms with Crippen molar-refractivity contribution >= 4 is 17.5 Å². The molecule has 1 aliphatic carbocycles. The van der Waals surface area contributed by atoms with Crippen molar-refractivity contribution in [2.75, 3.05) is 0 Å². The Labute approximate surface area is 98.4 Å². The van der Waals surface area contributed by atoms with Crippen LogP contribution in [0, 0.1) is 11.8 Å². The number of nitrogens with zero attached hydrogens (tertiary/aromatic N) is 2. The van der Waals surface area contributed by atoms with Gasteiger partial charge in [0.05, 0.1) is 17.5 Å². The molecule has 3 rings (SSSR count). The Morgan fingerprint density at radius 2 is 1.82 bits per heavy atom. The minimum atomic E-state index is -0.553. The minimum Gasteiger partial charge on any atom is -0.370 e. The summed E-state index contributed by atoms with van der Waals surface area (Å²) in [5.74, 6) is -1.10. The fraction of sp³-hybridized carbons (Fsp3) is 0.417. The molecule has 0 N–H and O–H groups in total. The third kappa shape index (κ3) is 1.42. The number of carbonyl (C=O) groups excluding carboxylic acids is 2. The van der Waals surface area contributed by atoms with Gasteiger partial charge in [-0.05, 0) is 6.92 Å². The average molecular weight is 232 g/mol. The van der Waals surface area contributed by atoms with E-state index in [2.05, 4.69) is 5.16 Å². The molecule has 0 aromatic heterocycles. The third-order valence-corrected chi connectivity index (χ3v) is 3.27. The predicted molar refractivity (Wildman–Crippen MR) is 59.7 cm³/mol. The van der Waals surface area contributed by atoms with E-state index in [4.69, 9.17) is 4.84 Å². The SMILES string of the molecule is CC1=NOC(N2C(=O)C3C=CC=CC3C2=O)C1. The van der Waals surface area contributed by atoms with Gasteiger partial charge in [0, 0.05) is 6.42 Å². The number of oxime groups is 1. The maximum absolute atomic E-state index is 12.1. The molecular weight excluding hydrogens is 220 g/mol. The fourth-order valence-corrected chi connectivity index (χ4v) is 2.41. The lowest BCUT2D eigenvalue weighted by atomic mass is 9.91. The number of rotatable bonds is 1. The summed E-state index contributed by atoms with van der Waals surface area (Å²) in [6.07, 6.45) is 7.09. The van der Waals surface area contributed by atoms with Gasteiger partial charge in [-0.2, -0.15) is 0 Å². The highest BCUT2D eigenvalue weighted by Crippen LogP contribution is 2.34. The monoisotopic (exact) mass is 232 g/mol. The van der Waals surface area contributed by atoms with Crippen LogP contribution in [0.1, 0.15) is 13.3 Å². The van der Waals surface area contributed by atoms with Crippen LogP contribution in [0.5, 0.6) is 0 Å². The van der Waals surface area contributed by atoms with Crippen LogP contribution >= 0.6 is 0 Å². The highest BCUT2D eigenvalue weighted by Gasteiger charge is 2.50. The molecule has 2 amide bonds. The number of carbonyl (C=O) groups is 2. The van der Waals surface area contributed by atoms with E-state index >= 15 is 0 Å². The average Bonchev–Trinajstić information content (AvgIpc) is 2.84. The zero-order valence-electron chi connectivity index (χ0n) is 9.37. The van der Waals surface area contributed by atoms with E-state index in [0.717, 1.165) is 5.71 Å². The molecule has 5 heteroatoms. The molecule has 0 saturated carbocycles. The maximum atomic E-state index is 12.1. The van der Waals surface area contributed by atoms with Gasteiger partial charge in [0.15, 0.2) is 0 Å². The van der Waals surface area contributed by atoms with Crippen molar-refractivity contribution in [3.05, 3.63) is 24.3 Å².